The number of halogens is 1. The lowest BCUT2D eigenvalue weighted by Crippen LogP contribution is -2.44. The molecule has 2 aliphatic heterocycles. The van der Waals surface area contributed by atoms with Crippen molar-refractivity contribution < 1.29 is 4.74 Å². The lowest BCUT2D eigenvalue weighted by Gasteiger charge is -2.41. The average molecular weight is 309 g/mol. The summed E-state index contributed by atoms with van der Waals surface area (Å²) in [6, 6.07) is 6.44. The molecular formula is C17H25ClN2O. The molecule has 2 heterocycles. The smallest absolute Gasteiger partial charge is 0.125 e. The highest BCUT2D eigenvalue weighted by Crippen LogP contribution is 2.44. The fourth-order valence-electron chi connectivity index (χ4n) is 3.70. The van der Waals surface area contributed by atoms with E-state index in [1.54, 1.807) is 0 Å². The third kappa shape index (κ3) is 3.05. The Morgan fingerprint density at radius 3 is 2.90 bits per heavy atom. The fraction of sp³-hybridized carbons (Fsp3) is 0.647. The first kappa shape index (κ1) is 15.1. The van der Waals surface area contributed by atoms with Gasteiger partial charge < -0.3 is 15.4 Å². The number of nitrogens with zero attached hydrogens (tertiary/aromatic N) is 1. The Hall–Kier alpha value is -0.770. The predicted octanol–water partition coefficient (Wildman–Crippen LogP) is 3.76. The van der Waals surface area contributed by atoms with Gasteiger partial charge in [0.1, 0.15) is 11.4 Å². The van der Waals surface area contributed by atoms with Gasteiger partial charge in [-0.25, -0.2) is 0 Å². The molecule has 2 aliphatic rings. The Bertz CT molecular complexity index is 520. The molecule has 1 saturated heterocycles. The molecule has 0 radical (unpaired) electrons. The van der Waals surface area contributed by atoms with Crippen molar-refractivity contribution in [1.82, 2.24) is 4.90 Å². The lowest BCUT2D eigenvalue weighted by molar-refractivity contribution is 0.0210. The van der Waals surface area contributed by atoms with E-state index in [9.17, 15) is 0 Å². The summed E-state index contributed by atoms with van der Waals surface area (Å²) >= 11 is 6.08. The number of hydrogen-bond acceptors (Lipinski definition) is 3. The van der Waals surface area contributed by atoms with Gasteiger partial charge in [0.15, 0.2) is 0 Å². The molecule has 2 N–H and O–H groups in total. The number of rotatable bonds is 1. The van der Waals surface area contributed by atoms with E-state index in [0.29, 0.717) is 6.04 Å². The fourth-order valence-corrected chi connectivity index (χ4v) is 3.88. The van der Waals surface area contributed by atoms with Crippen LogP contribution in [-0.4, -0.2) is 29.6 Å². The van der Waals surface area contributed by atoms with E-state index in [4.69, 9.17) is 22.1 Å². The van der Waals surface area contributed by atoms with E-state index in [1.165, 1.54) is 6.42 Å². The zero-order valence-electron chi connectivity index (χ0n) is 12.9. The molecule has 116 valence electrons. The molecule has 21 heavy (non-hydrogen) atoms. The summed E-state index contributed by atoms with van der Waals surface area (Å²) in [5, 5.41) is 0.732. The second-order valence-corrected chi connectivity index (χ2v) is 7.20. The molecular weight excluding hydrogens is 284 g/mol. The third-order valence-electron chi connectivity index (χ3n) is 4.95. The van der Waals surface area contributed by atoms with Gasteiger partial charge in [-0.2, -0.15) is 0 Å². The third-order valence-corrected chi connectivity index (χ3v) is 5.19. The molecule has 2 atom stereocenters. The van der Waals surface area contributed by atoms with Gasteiger partial charge in [0, 0.05) is 35.6 Å². The standard InChI is InChI=1S/C17H25ClN2O/c1-12(2)20-8-3-6-17(7-9-20)11-15(19)14-10-13(18)4-5-16(14)21-17/h4-5,10,12,15H,3,6-9,11,19H2,1-2H3. The molecule has 1 spiro atoms. The highest BCUT2D eigenvalue weighted by Gasteiger charge is 2.41. The first-order chi connectivity index (χ1) is 9.99. The van der Waals surface area contributed by atoms with E-state index in [2.05, 4.69) is 18.7 Å². The van der Waals surface area contributed by atoms with E-state index < -0.39 is 0 Å². The average Bonchev–Trinajstić information content (AvgIpc) is 2.63. The summed E-state index contributed by atoms with van der Waals surface area (Å²) in [6.07, 6.45) is 4.22. The monoisotopic (exact) mass is 308 g/mol. The van der Waals surface area contributed by atoms with Crippen molar-refractivity contribution in [2.75, 3.05) is 13.1 Å². The summed E-state index contributed by atoms with van der Waals surface area (Å²) in [6.45, 7) is 6.78. The van der Waals surface area contributed by atoms with Crippen molar-refractivity contribution in [3.05, 3.63) is 28.8 Å². The number of fused-ring (bicyclic) bond motifs is 1. The molecule has 1 aromatic carbocycles. The Morgan fingerprint density at radius 2 is 2.14 bits per heavy atom. The molecule has 4 heteroatoms. The van der Waals surface area contributed by atoms with Crippen molar-refractivity contribution in [2.45, 2.75) is 57.2 Å². The van der Waals surface area contributed by atoms with E-state index in [-0.39, 0.29) is 11.6 Å². The molecule has 2 unspecified atom stereocenters. The maximum atomic E-state index is 6.43. The summed E-state index contributed by atoms with van der Waals surface area (Å²) in [5.74, 6) is 0.927. The first-order valence-corrected chi connectivity index (χ1v) is 8.35. The van der Waals surface area contributed by atoms with Crippen LogP contribution < -0.4 is 10.5 Å². The molecule has 0 aromatic heterocycles. The molecule has 3 nitrogen and oxygen atoms in total. The van der Waals surface area contributed by atoms with Gasteiger partial charge in [-0.3, -0.25) is 0 Å². The minimum absolute atomic E-state index is 0.0260. The van der Waals surface area contributed by atoms with Gasteiger partial charge in [0.25, 0.3) is 0 Å². The van der Waals surface area contributed by atoms with Crippen LogP contribution in [0.3, 0.4) is 0 Å². The van der Waals surface area contributed by atoms with Crippen molar-refractivity contribution in [2.24, 2.45) is 5.73 Å². The van der Waals surface area contributed by atoms with E-state index in [0.717, 1.165) is 48.7 Å². The zero-order chi connectivity index (χ0) is 15.0. The molecule has 3 rings (SSSR count). The largest absolute Gasteiger partial charge is 0.487 e. The summed E-state index contributed by atoms with van der Waals surface area (Å²) in [7, 11) is 0. The van der Waals surface area contributed by atoms with Crippen molar-refractivity contribution in [3.63, 3.8) is 0 Å². The zero-order valence-corrected chi connectivity index (χ0v) is 13.7. The summed E-state index contributed by atoms with van der Waals surface area (Å²) in [4.78, 5) is 2.54. The highest BCUT2D eigenvalue weighted by atomic mass is 35.5. The van der Waals surface area contributed by atoms with Crippen LogP contribution in [0.25, 0.3) is 0 Å². The second-order valence-electron chi connectivity index (χ2n) is 6.76. The Balaban J connectivity index is 1.82. The van der Waals surface area contributed by atoms with E-state index in [1.807, 2.05) is 18.2 Å². The maximum Gasteiger partial charge on any atom is 0.125 e. The Morgan fingerprint density at radius 1 is 1.33 bits per heavy atom. The van der Waals surface area contributed by atoms with Crippen LogP contribution in [-0.2, 0) is 0 Å². The maximum absolute atomic E-state index is 6.43. The molecule has 0 amide bonds. The van der Waals surface area contributed by atoms with Gasteiger partial charge in [-0.05, 0) is 57.9 Å². The summed E-state index contributed by atoms with van der Waals surface area (Å²) in [5.41, 5.74) is 7.37. The van der Waals surface area contributed by atoms with Gasteiger partial charge in [-0.1, -0.05) is 11.6 Å². The molecule has 0 aliphatic carbocycles. The van der Waals surface area contributed by atoms with Crippen LogP contribution in [0.4, 0.5) is 0 Å². The first-order valence-electron chi connectivity index (χ1n) is 7.97. The Labute approximate surface area is 132 Å². The van der Waals surface area contributed by atoms with Crippen LogP contribution in [0.15, 0.2) is 18.2 Å². The van der Waals surface area contributed by atoms with Gasteiger partial charge in [0.05, 0.1) is 0 Å². The van der Waals surface area contributed by atoms with Crippen molar-refractivity contribution in [3.8, 4) is 5.75 Å². The number of benzene rings is 1. The number of nitrogens with two attached hydrogens (primary N) is 1. The quantitative estimate of drug-likeness (QED) is 0.858. The van der Waals surface area contributed by atoms with Crippen LogP contribution in [0.5, 0.6) is 5.75 Å². The molecule has 1 fully saturated rings. The predicted molar refractivity (Wildman–Crippen MR) is 86.9 cm³/mol. The molecule has 1 aromatic rings. The van der Waals surface area contributed by atoms with E-state index >= 15 is 0 Å². The van der Waals surface area contributed by atoms with Crippen LogP contribution in [0.2, 0.25) is 5.02 Å². The molecule has 0 bridgehead atoms. The van der Waals surface area contributed by atoms with Crippen molar-refractivity contribution >= 4 is 11.6 Å². The van der Waals surface area contributed by atoms with Crippen LogP contribution >= 0.6 is 11.6 Å². The van der Waals surface area contributed by atoms with Crippen LogP contribution in [0.1, 0.15) is 51.1 Å². The highest BCUT2D eigenvalue weighted by molar-refractivity contribution is 6.30. The molecule has 0 saturated carbocycles. The van der Waals surface area contributed by atoms with Gasteiger partial charge in [-0.15, -0.1) is 0 Å². The van der Waals surface area contributed by atoms with Crippen LogP contribution in [0, 0.1) is 0 Å². The van der Waals surface area contributed by atoms with Gasteiger partial charge >= 0.3 is 0 Å². The minimum atomic E-state index is -0.0934. The number of ether oxygens (including phenoxy) is 1. The minimum Gasteiger partial charge on any atom is -0.487 e. The number of hydrogen-bond donors (Lipinski definition) is 1. The SMILES string of the molecule is CC(C)N1CCCC2(CC1)CC(N)c1cc(Cl)ccc1O2. The summed E-state index contributed by atoms with van der Waals surface area (Å²) < 4.78 is 6.43. The van der Waals surface area contributed by atoms with Crippen molar-refractivity contribution in [1.29, 1.82) is 0 Å². The second kappa shape index (κ2) is 5.79. The van der Waals surface area contributed by atoms with Gasteiger partial charge in [0.2, 0.25) is 0 Å². The number of likely N-dealkylation sites (tertiary alicyclic amines) is 1. The Kier molecular flexibility index (Phi) is 4.17. The lowest BCUT2D eigenvalue weighted by atomic mass is 9.82. The topological polar surface area (TPSA) is 38.5 Å². The normalized spacial score (nSPS) is 30.0.